The standard InChI is InChI=1S/C24H41N3O4S/c1-4-6-7-8-9-10-11-21-12-14-22(15-13-21)25-32(29,30)26-24(20-23(28)31-5-2)16-18-27(3)19-17-24/h12-15,25-26H,4-11,16-20H2,1-3H3. The van der Waals surface area contributed by atoms with E-state index in [2.05, 4.69) is 21.3 Å². The van der Waals surface area contributed by atoms with Gasteiger partial charge in [0.15, 0.2) is 0 Å². The van der Waals surface area contributed by atoms with Crippen LogP contribution in [0.15, 0.2) is 24.3 Å². The minimum absolute atomic E-state index is 0.0345. The van der Waals surface area contributed by atoms with Crippen LogP contribution in [0.2, 0.25) is 0 Å². The molecule has 8 heteroatoms. The fraction of sp³-hybridized carbons (Fsp3) is 0.708. The molecule has 0 spiro atoms. The third-order valence-corrected chi connectivity index (χ3v) is 7.31. The molecule has 0 aromatic heterocycles. The molecule has 0 unspecified atom stereocenters. The Hall–Kier alpha value is -1.64. The Morgan fingerprint density at radius 1 is 1.03 bits per heavy atom. The van der Waals surface area contributed by atoms with Gasteiger partial charge in [-0.2, -0.15) is 13.1 Å². The number of hydrogen-bond acceptors (Lipinski definition) is 5. The zero-order valence-corrected chi connectivity index (χ0v) is 20.8. The molecular weight excluding hydrogens is 426 g/mol. The number of hydrogen-bond donors (Lipinski definition) is 2. The first-order valence-electron chi connectivity index (χ1n) is 12.0. The maximum Gasteiger partial charge on any atom is 0.307 e. The van der Waals surface area contributed by atoms with E-state index in [0.717, 1.165) is 25.9 Å². The van der Waals surface area contributed by atoms with Crippen LogP contribution in [0.4, 0.5) is 5.69 Å². The van der Waals surface area contributed by atoms with Crippen molar-refractivity contribution in [2.24, 2.45) is 0 Å². The average Bonchev–Trinajstić information content (AvgIpc) is 2.73. The summed E-state index contributed by atoms with van der Waals surface area (Å²) in [6.45, 7) is 5.69. The van der Waals surface area contributed by atoms with E-state index < -0.39 is 15.7 Å². The minimum atomic E-state index is -3.84. The number of esters is 1. The van der Waals surface area contributed by atoms with Gasteiger partial charge in [-0.3, -0.25) is 9.52 Å². The molecule has 1 heterocycles. The second-order valence-corrected chi connectivity index (χ2v) is 10.4. The van der Waals surface area contributed by atoms with Gasteiger partial charge in [-0.1, -0.05) is 51.2 Å². The number of aryl methyl sites for hydroxylation is 1. The van der Waals surface area contributed by atoms with E-state index in [9.17, 15) is 13.2 Å². The van der Waals surface area contributed by atoms with Crippen molar-refractivity contribution in [2.75, 3.05) is 31.5 Å². The molecule has 32 heavy (non-hydrogen) atoms. The lowest BCUT2D eigenvalue weighted by Gasteiger charge is -2.40. The number of ether oxygens (including phenoxy) is 1. The maximum absolute atomic E-state index is 12.9. The predicted molar refractivity (Wildman–Crippen MR) is 130 cm³/mol. The molecule has 2 rings (SSSR count). The van der Waals surface area contributed by atoms with Crippen LogP contribution in [0, 0.1) is 0 Å². The van der Waals surface area contributed by atoms with Crippen molar-refractivity contribution in [3.63, 3.8) is 0 Å². The lowest BCUT2D eigenvalue weighted by molar-refractivity contribution is -0.145. The number of benzene rings is 1. The zero-order chi connectivity index (χ0) is 23.5. The molecule has 7 nitrogen and oxygen atoms in total. The maximum atomic E-state index is 12.9. The van der Waals surface area contributed by atoms with E-state index >= 15 is 0 Å². The van der Waals surface area contributed by atoms with E-state index in [1.807, 2.05) is 19.2 Å². The van der Waals surface area contributed by atoms with Crippen molar-refractivity contribution < 1.29 is 17.9 Å². The Bertz CT molecular complexity index is 788. The van der Waals surface area contributed by atoms with Crippen molar-refractivity contribution in [3.05, 3.63) is 29.8 Å². The van der Waals surface area contributed by atoms with Crippen molar-refractivity contribution in [2.45, 2.75) is 83.6 Å². The van der Waals surface area contributed by atoms with Gasteiger partial charge in [0.25, 0.3) is 10.2 Å². The van der Waals surface area contributed by atoms with Gasteiger partial charge in [-0.25, -0.2) is 0 Å². The highest BCUT2D eigenvalue weighted by molar-refractivity contribution is 7.90. The lowest BCUT2D eigenvalue weighted by Crippen LogP contribution is -2.56. The highest BCUT2D eigenvalue weighted by atomic mass is 32.2. The van der Waals surface area contributed by atoms with Crippen molar-refractivity contribution >= 4 is 21.9 Å². The van der Waals surface area contributed by atoms with Crippen molar-refractivity contribution in [1.29, 1.82) is 0 Å². The van der Waals surface area contributed by atoms with E-state index in [4.69, 9.17) is 4.74 Å². The first kappa shape index (κ1) is 26.6. The van der Waals surface area contributed by atoms with Crippen LogP contribution in [-0.2, 0) is 26.2 Å². The van der Waals surface area contributed by atoms with Gasteiger partial charge in [0.2, 0.25) is 0 Å². The summed E-state index contributed by atoms with van der Waals surface area (Å²) in [6.07, 6.45) is 9.69. The van der Waals surface area contributed by atoms with Crippen LogP contribution in [0.5, 0.6) is 0 Å². The number of unbranched alkanes of at least 4 members (excludes halogenated alkanes) is 5. The van der Waals surface area contributed by atoms with Gasteiger partial charge in [-0.15, -0.1) is 0 Å². The molecule has 0 aliphatic carbocycles. The first-order valence-corrected chi connectivity index (χ1v) is 13.5. The summed E-state index contributed by atoms with van der Waals surface area (Å²) in [5.74, 6) is -0.376. The number of carbonyl (C=O) groups excluding carboxylic acids is 1. The lowest BCUT2D eigenvalue weighted by atomic mass is 9.85. The molecule has 1 aromatic carbocycles. The molecule has 0 radical (unpaired) electrons. The summed E-state index contributed by atoms with van der Waals surface area (Å²) in [5.41, 5.74) is 0.899. The smallest absolute Gasteiger partial charge is 0.307 e. The van der Waals surface area contributed by atoms with Gasteiger partial charge in [0, 0.05) is 11.2 Å². The van der Waals surface area contributed by atoms with E-state index in [1.165, 1.54) is 37.7 Å². The molecule has 2 N–H and O–H groups in total. The quantitative estimate of drug-likeness (QED) is 0.315. The first-order chi connectivity index (χ1) is 15.3. The third-order valence-electron chi connectivity index (χ3n) is 6.11. The molecule has 0 amide bonds. The summed E-state index contributed by atoms with van der Waals surface area (Å²) in [7, 11) is -1.85. The molecular formula is C24H41N3O4S. The van der Waals surface area contributed by atoms with Crippen LogP contribution < -0.4 is 9.44 Å². The Labute approximate surface area is 194 Å². The molecule has 1 aliphatic heterocycles. The Morgan fingerprint density at radius 3 is 2.28 bits per heavy atom. The van der Waals surface area contributed by atoms with Crippen LogP contribution in [0.25, 0.3) is 0 Å². The van der Waals surface area contributed by atoms with Crippen LogP contribution in [-0.4, -0.2) is 51.6 Å². The number of piperidine rings is 1. The number of anilines is 1. The van der Waals surface area contributed by atoms with Gasteiger partial charge in [-0.05, 0) is 70.4 Å². The number of nitrogens with zero attached hydrogens (tertiary/aromatic N) is 1. The van der Waals surface area contributed by atoms with Gasteiger partial charge in [0.1, 0.15) is 0 Å². The molecule has 0 saturated carbocycles. The number of rotatable bonds is 14. The molecule has 0 atom stereocenters. The fourth-order valence-corrected chi connectivity index (χ4v) is 5.51. The van der Waals surface area contributed by atoms with E-state index in [0.29, 0.717) is 18.5 Å². The summed E-state index contributed by atoms with van der Waals surface area (Å²) in [5, 5.41) is 0. The van der Waals surface area contributed by atoms with Gasteiger partial charge >= 0.3 is 5.97 Å². The molecule has 1 aromatic rings. The van der Waals surface area contributed by atoms with Crippen molar-refractivity contribution in [3.8, 4) is 0 Å². The van der Waals surface area contributed by atoms with Crippen molar-refractivity contribution in [1.82, 2.24) is 9.62 Å². The number of nitrogens with one attached hydrogen (secondary N) is 2. The normalized spacial score (nSPS) is 16.6. The summed E-state index contributed by atoms with van der Waals surface area (Å²) in [6, 6.07) is 7.57. The van der Waals surface area contributed by atoms with Gasteiger partial charge in [0.05, 0.1) is 13.0 Å². The highest BCUT2D eigenvalue weighted by Crippen LogP contribution is 2.27. The number of carbonyl (C=O) groups is 1. The Balaban J connectivity index is 1.93. The van der Waals surface area contributed by atoms with Crippen LogP contribution in [0.3, 0.4) is 0 Å². The molecule has 0 bridgehead atoms. The Kier molecular flexibility index (Phi) is 10.9. The third kappa shape index (κ3) is 9.46. The second kappa shape index (κ2) is 13.2. The molecule has 182 valence electrons. The summed E-state index contributed by atoms with van der Waals surface area (Å²) >= 11 is 0. The minimum Gasteiger partial charge on any atom is -0.466 e. The average molecular weight is 468 g/mol. The van der Waals surface area contributed by atoms with E-state index in [-0.39, 0.29) is 19.0 Å². The second-order valence-electron chi connectivity index (χ2n) is 8.99. The predicted octanol–water partition coefficient (Wildman–Crippen LogP) is 4.25. The topological polar surface area (TPSA) is 87.7 Å². The van der Waals surface area contributed by atoms with Crippen LogP contribution in [0.1, 0.15) is 77.2 Å². The monoisotopic (exact) mass is 467 g/mol. The fourth-order valence-electron chi connectivity index (χ4n) is 4.16. The molecule has 1 saturated heterocycles. The Morgan fingerprint density at radius 2 is 1.66 bits per heavy atom. The SMILES string of the molecule is CCCCCCCCc1ccc(NS(=O)(=O)NC2(CC(=O)OCC)CCN(C)CC2)cc1. The highest BCUT2D eigenvalue weighted by Gasteiger charge is 2.39. The zero-order valence-electron chi connectivity index (χ0n) is 20.0. The van der Waals surface area contributed by atoms with Crippen LogP contribution >= 0.6 is 0 Å². The molecule has 1 aliphatic rings. The summed E-state index contributed by atoms with van der Waals surface area (Å²) < 4.78 is 36.3. The largest absolute Gasteiger partial charge is 0.466 e. The number of likely N-dealkylation sites (tertiary alicyclic amines) is 1. The van der Waals surface area contributed by atoms with Gasteiger partial charge < -0.3 is 9.64 Å². The van der Waals surface area contributed by atoms with E-state index in [1.54, 1.807) is 19.1 Å². The molecule has 1 fully saturated rings. The summed E-state index contributed by atoms with van der Waals surface area (Å²) in [4.78, 5) is 14.3.